The molecule has 2 N–H and O–H groups in total. The molecule has 0 aliphatic rings. The van der Waals surface area contributed by atoms with Crippen LogP contribution in [0.15, 0.2) is 9.00 Å². The summed E-state index contributed by atoms with van der Waals surface area (Å²) < 4.78 is 5.69. The number of aryl methyl sites for hydroxylation is 1. The van der Waals surface area contributed by atoms with Gasteiger partial charge in [0.2, 0.25) is 0 Å². The maximum absolute atomic E-state index is 5.31. The highest BCUT2D eigenvalue weighted by atomic mass is 79.9. The first-order valence-corrected chi connectivity index (χ1v) is 3.35. The van der Waals surface area contributed by atoms with Gasteiger partial charge >= 0.3 is 0 Å². The van der Waals surface area contributed by atoms with E-state index < -0.39 is 0 Å². The predicted octanol–water partition coefficient (Wildman–Crippen LogP) is 1.20. The van der Waals surface area contributed by atoms with Crippen molar-refractivity contribution in [2.75, 3.05) is 0 Å². The third-order valence-corrected chi connectivity index (χ3v) is 2.06. The molecule has 0 saturated carbocycles. The van der Waals surface area contributed by atoms with Crippen molar-refractivity contribution in [1.29, 1.82) is 0 Å². The van der Waals surface area contributed by atoms with Crippen molar-refractivity contribution in [3.63, 3.8) is 0 Å². The Kier molecular flexibility index (Phi) is 1.87. The topological polar surface area (TPSA) is 52.0 Å². The number of nitrogens with zero attached hydrogens (tertiary/aromatic N) is 1. The van der Waals surface area contributed by atoms with Crippen LogP contribution < -0.4 is 5.73 Å². The van der Waals surface area contributed by atoms with Gasteiger partial charge in [-0.15, -0.1) is 0 Å². The zero-order valence-electron chi connectivity index (χ0n) is 5.02. The second-order valence-electron chi connectivity index (χ2n) is 1.70. The van der Waals surface area contributed by atoms with E-state index in [1.807, 2.05) is 6.92 Å². The highest BCUT2D eigenvalue weighted by Gasteiger charge is 2.05. The van der Waals surface area contributed by atoms with E-state index in [4.69, 9.17) is 10.3 Å². The summed E-state index contributed by atoms with van der Waals surface area (Å²) in [6.45, 7) is 2.24. The SMILES string of the molecule is Cc1onc(CN)c1Br. The number of hydrogen-bond acceptors (Lipinski definition) is 3. The van der Waals surface area contributed by atoms with E-state index in [9.17, 15) is 0 Å². The predicted molar refractivity (Wildman–Crippen MR) is 36.8 cm³/mol. The quantitative estimate of drug-likeness (QED) is 0.725. The van der Waals surface area contributed by atoms with Crippen LogP contribution in [0, 0.1) is 6.92 Å². The lowest BCUT2D eigenvalue weighted by Crippen LogP contribution is -1.96. The molecule has 0 bridgehead atoms. The minimum absolute atomic E-state index is 0.415. The zero-order chi connectivity index (χ0) is 6.85. The van der Waals surface area contributed by atoms with Gasteiger partial charge in [0.15, 0.2) is 0 Å². The van der Waals surface area contributed by atoms with E-state index in [2.05, 4.69) is 21.1 Å². The van der Waals surface area contributed by atoms with E-state index in [1.165, 1.54) is 0 Å². The molecule has 0 spiro atoms. The van der Waals surface area contributed by atoms with E-state index in [-0.39, 0.29) is 0 Å². The van der Waals surface area contributed by atoms with Gasteiger partial charge in [-0.05, 0) is 22.9 Å². The van der Waals surface area contributed by atoms with Gasteiger partial charge in [-0.2, -0.15) is 0 Å². The van der Waals surface area contributed by atoms with E-state index in [0.717, 1.165) is 15.9 Å². The maximum Gasteiger partial charge on any atom is 0.148 e. The molecule has 0 saturated heterocycles. The van der Waals surface area contributed by atoms with Crippen molar-refractivity contribution in [2.24, 2.45) is 5.73 Å². The highest BCUT2D eigenvalue weighted by Crippen LogP contribution is 2.19. The third-order valence-electron chi connectivity index (χ3n) is 1.05. The van der Waals surface area contributed by atoms with Crippen molar-refractivity contribution in [3.8, 4) is 0 Å². The molecule has 4 heteroatoms. The Balaban J connectivity index is 3.04. The minimum Gasteiger partial charge on any atom is -0.360 e. The van der Waals surface area contributed by atoms with Crippen LogP contribution in [0.3, 0.4) is 0 Å². The first kappa shape index (κ1) is 6.77. The lowest BCUT2D eigenvalue weighted by molar-refractivity contribution is 0.390. The summed E-state index contributed by atoms with van der Waals surface area (Å²) in [6.07, 6.45) is 0. The number of nitrogens with two attached hydrogens (primary N) is 1. The second-order valence-corrected chi connectivity index (χ2v) is 2.50. The molecule has 9 heavy (non-hydrogen) atoms. The smallest absolute Gasteiger partial charge is 0.148 e. The standard InChI is InChI=1S/C5H7BrN2O/c1-3-5(6)4(2-7)8-9-3/h2,7H2,1H3. The first-order chi connectivity index (χ1) is 4.25. The molecule has 50 valence electrons. The molecule has 0 aromatic carbocycles. The van der Waals surface area contributed by atoms with Gasteiger partial charge in [0.25, 0.3) is 0 Å². The van der Waals surface area contributed by atoms with Crippen LogP contribution in [-0.4, -0.2) is 5.16 Å². The van der Waals surface area contributed by atoms with Gasteiger partial charge in [-0.1, -0.05) is 5.16 Å². The van der Waals surface area contributed by atoms with E-state index in [0.29, 0.717) is 6.54 Å². The fourth-order valence-corrected chi connectivity index (χ4v) is 0.840. The molecule has 1 heterocycles. The van der Waals surface area contributed by atoms with E-state index in [1.54, 1.807) is 0 Å². The Bertz CT molecular complexity index is 209. The van der Waals surface area contributed by atoms with Crippen LogP contribution in [0.5, 0.6) is 0 Å². The third kappa shape index (κ3) is 1.14. The van der Waals surface area contributed by atoms with Crippen molar-refractivity contribution in [1.82, 2.24) is 5.16 Å². The molecule has 0 amide bonds. The largest absolute Gasteiger partial charge is 0.360 e. The molecule has 0 radical (unpaired) electrons. The summed E-state index contributed by atoms with van der Waals surface area (Å²) in [7, 11) is 0. The monoisotopic (exact) mass is 190 g/mol. The van der Waals surface area contributed by atoms with Gasteiger partial charge in [0, 0.05) is 6.54 Å². The molecule has 1 rings (SSSR count). The number of rotatable bonds is 1. The van der Waals surface area contributed by atoms with Crippen LogP contribution >= 0.6 is 15.9 Å². The van der Waals surface area contributed by atoms with Gasteiger partial charge < -0.3 is 10.3 Å². The molecule has 0 aliphatic heterocycles. The average Bonchev–Trinajstić information content (AvgIpc) is 2.15. The van der Waals surface area contributed by atoms with E-state index >= 15 is 0 Å². The molecule has 0 unspecified atom stereocenters. The first-order valence-electron chi connectivity index (χ1n) is 2.56. The highest BCUT2D eigenvalue weighted by molar-refractivity contribution is 9.10. The number of aromatic nitrogens is 1. The van der Waals surface area contributed by atoms with Gasteiger partial charge in [0.05, 0.1) is 4.47 Å². The Morgan fingerprint density at radius 3 is 2.67 bits per heavy atom. The Hall–Kier alpha value is -0.350. The normalized spacial score (nSPS) is 10.1. The summed E-state index contributed by atoms with van der Waals surface area (Å²) in [4.78, 5) is 0. The summed E-state index contributed by atoms with van der Waals surface area (Å²) >= 11 is 3.27. The fourth-order valence-electron chi connectivity index (χ4n) is 0.534. The average molecular weight is 191 g/mol. The Labute approximate surface area is 61.3 Å². The van der Waals surface area contributed by atoms with Crippen LogP contribution in [0.2, 0.25) is 0 Å². The molecule has 0 fully saturated rings. The summed E-state index contributed by atoms with van der Waals surface area (Å²) in [5.41, 5.74) is 6.08. The molecular weight excluding hydrogens is 184 g/mol. The fraction of sp³-hybridized carbons (Fsp3) is 0.400. The molecule has 1 aromatic rings. The molecular formula is C5H7BrN2O. The van der Waals surface area contributed by atoms with Crippen LogP contribution in [-0.2, 0) is 6.54 Å². The summed E-state index contributed by atoms with van der Waals surface area (Å²) in [6, 6.07) is 0. The lowest BCUT2D eigenvalue weighted by atomic mass is 10.4. The maximum atomic E-state index is 5.31. The summed E-state index contributed by atoms with van der Waals surface area (Å²) in [5.74, 6) is 0.774. The van der Waals surface area contributed by atoms with Crippen molar-refractivity contribution in [2.45, 2.75) is 13.5 Å². The van der Waals surface area contributed by atoms with Gasteiger partial charge in [-0.25, -0.2) is 0 Å². The number of hydrogen-bond donors (Lipinski definition) is 1. The lowest BCUT2D eigenvalue weighted by Gasteiger charge is -1.84. The second kappa shape index (κ2) is 2.49. The van der Waals surface area contributed by atoms with Crippen LogP contribution in [0.4, 0.5) is 0 Å². The molecule has 0 aliphatic carbocycles. The molecule has 3 nitrogen and oxygen atoms in total. The van der Waals surface area contributed by atoms with Crippen molar-refractivity contribution in [3.05, 3.63) is 15.9 Å². The molecule has 0 atom stereocenters. The Morgan fingerprint density at radius 2 is 2.44 bits per heavy atom. The summed E-state index contributed by atoms with van der Waals surface area (Å²) in [5, 5.41) is 3.69. The Morgan fingerprint density at radius 1 is 1.78 bits per heavy atom. The molecule has 1 aromatic heterocycles. The number of halogens is 1. The zero-order valence-corrected chi connectivity index (χ0v) is 6.60. The van der Waals surface area contributed by atoms with Gasteiger partial charge in [0.1, 0.15) is 11.5 Å². The van der Waals surface area contributed by atoms with Crippen molar-refractivity contribution >= 4 is 15.9 Å². The van der Waals surface area contributed by atoms with Gasteiger partial charge in [-0.3, -0.25) is 0 Å². The van der Waals surface area contributed by atoms with Crippen molar-refractivity contribution < 1.29 is 4.52 Å². The van der Waals surface area contributed by atoms with Crippen LogP contribution in [0.25, 0.3) is 0 Å². The minimum atomic E-state index is 0.415. The van der Waals surface area contributed by atoms with Crippen LogP contribution in [0.1, 0.15) is 11.5 Å².